The highest BCUT2D eigenvalue weighted by molar-refractivity contribution is 7.48. The summed E-state index contributed by atoms with van der Waals surface area (Å²) in [6, 6.07) is 0. The molecule has 0 amide bonds. The van der Waals surface area contributed by atoms with E-state index in [0.29, 0.717) is 0 Å². The molecule has 134 valence electrons. The summed E-state index contributed by atoms with van der Waals surface area (Å²) in [5, 5.41) is 0. The molecular formula is C21H21O4P. The molecule has 0 N–H and O–H groups in total. The first-order valence-corrected chi connectivity index (χ1v) is 9.20. The zero-order chi connectivity index (χ0) is 19.8. The molecule has 0 saturated heterocycles. The molecule has 4 nitrogen and oxygen atoms in total. The molecule has 0 heterocycles. The first kappa shape index (κ1) is 23.5. The van der Waals surface area contributed by atoms with Gasteiger partial charge in [0.1, 0.15) is 0 Å². The van der Waals surface area contributed by atoms with Crippen molar-refractivity contribution in [3.63, 3.8) is 0 Å². The predicted octanol–water partition coefficient (Wildman–Crippen LogP) is 3.39. The van der Waals surface area contributed by atoms with Crippen LogP contribution in [0.2, 0.25) is 0 Å². The molecule has 0 spiro atoms. The van der Waals surface area contributed by atoms with Crippen LogP contribution in [-0.4, -0.2) is 18.3 Å². The van der Waals surface area contributed by atoms with Gasteiger partial charge in [-0.05, 0) is 0 Å². The van der Waals surface area contributed by atoms with Crippen molar-refractivity contribution in [2.45, 2.75) is 56.8 Å². The summed E-state index contributed by atoms with van der Waals surface area (Å²) < 4.78 is 29.8. The molecule has 0 fully saturated rings. The van der Waals surface area contributed by atoms with E-state index in [1.807, 2.05) is 0 Å². The normalized spacial score (nSPS) is 10.3. The van der Waals surface area contributed by atoms with E-state index in [9.17, 15) is 4.57 Å². The van der Waals surface area contributed by atoms with Crippen LogP contribution in [0.1, 0.15) is 38.5 Å². The van der Waals surface area contributed by atoms with Crippen LogP contribution in [0.15, 0.2) is 0 Å². The van der Waals surface area contributed by atoms with E-state index in [4.69, 9.17) is 52.1 Å². The van der Waals surface area contributed by atoms with E-state index >= 15 is 0 Å². The highest BCUT2D eigenvalue weighted by Crippen LogP contribution is 2.54. The maximum absolute atomic E-state index is 13.2. The zero-order valence-corrected chi connectivity index (χ0v) is 15.4. The fraction of sp³-hybridized carbons (Fsp3) is 0.429. The van der Waals surface area contributed by atoms with Crippen molar-refractivity contribution in [1.29, 1.82) is 0 Å². The Kier molecular flexibility index (Phi) is 12.4. The van der Waals surface area contributed by atoms with Gasteiger partial charge in [0, 0.05) is 38.5 Å². The molecule has 0 bridgehead atoms. The van der Waals surface area contributed by atoms with Gasteiger partial charge in [-0.1, -0.05) is 0 Å². The smallest absolute Gasteiger partial charge is 0.281 e. The van der Waals surface area contributed by atoms with Crippen molar-refractivity contribution in [2.24, 2.45) is 0 Å². The second-order valence-electron chi connectivity index (χ2n) is 5.08. The summed E-state index contributed by atoms with van der Waals surface area (Å²) >= 11 is 0. The van der Waals surface area contributed by atoms with Gasteiger partial charge in [-0.3, -0.25) is 13.6 Å². The summed E-state index contributed by atoms with van der Waals surface area (Å²) in [5.74, 6) is 14.4. The summed E-state index contributed by atoms with van der Waals surface area (Å²) in [7, 11) is -4.14. The molecule has 26 heavy (non-hydrogen) atoms. The van der Waals surface area contributed by atoms with E-state index in [1.54, 1.807) is 0 Å². The van der Waals surface area contributed by atoms with Gasteiger partial charge in [-0.15, -0.1) is 74.1 Å². The van der Waals surface area contributed by atoms with Crippen molar-refractivity contribution < 1.29 is 18.1 Å². The van der Waals surface area contributed by atoms with Crippen LogP contribution < -0.4 is 0 Å². The van der Waals surface area contributed by atoms with Crippen LogP contribution >= 0.6 is 7.82 Å². The Morgan fingerprint density at radius 3 is 0.885 bits per heavy atom. The number of rotatable bonds is 12. The number of phosphoric ester groups is 1. The van der Waals surface area contributed by atoms with Crippen LogP contribution in [0, 0.1) is 74.1 Å². The molecule has 0 aromatic heterocycles. The average Bonchev–Trinajstić information content (AvgIpc) is 2.56. The molecule has 5 heteroatoms. The quantitative estimate of drug-likeness (QED) is 0.391. The van der Waals surface area contributed by atoms with Crippen LogP contribution in [-0.2, 0) is 18.1 Å². The minimum atomic E-state index is -4.14. The van der Waals surface area contributed by atoms with E-state index in [2.05, 4.69) is 35.5 Å². The number of phosphoric acid groups is 1. The highest BCUT2D eigenvalue weighted by Gasteiger charge is 2.36. The molecule has 0 rings (SSSR count). The SMILES string of the molecule is C#CCC(CC#C)OP(=O)(OC(CC#C)CC#C)OC(CC#C)CC#C. The third-order valence-corrected chi connectivity index (χ3v) is 4.58. The lowest BCUT2D eigenvalue weighted by Gasteiger charge is -2.27. The van der Waals surface area contributed by atoms with Crippen molar-refractivity contribution in [3.05, 3.63) is 0 Å². The second kappa shape index (κ2) is 13.7. The van der Waals surface area contributed by atoms with Gasteiger partial charge < -0.3 is 0 Å². The molecule has 0 radical (unpaired) electrons. The summed E-state index contributed by atoms with van der Waals surface area (Å²) in [6.07, 6.45) is 30.3. The van der Waals surface area contributed by atoms with Crippen LogP contribution in [0.4, 0.5) is 0 Å². The first-order chi connectivity index (χ1) is 12.5. The molecule has 0 aromatic rings. The molecule has 0 atom stereocenters. The van der Waals surface area contributed by atoms with Gasteiger partial charge >= 0.3 is 7.82 Å². The van der Waals surface area contributed by atoms with Crippen LogP contribution in [0.3, 0.4) is 0 Å². The standard InChI is InChI=1S/C21H21O4P/c1-7-13-19(14-8-2)23-26(22,24-20(15-9-3)16-10-4)25-21(17-11-5)18-12-6/h1-6,19-21H,13-18H2. The Balaban J connectivity index is 5.58. The molecular weight excluding hydrogens is 347 g/mol. The summed E-state index contributed by atoms with van der Waals surface area (Å²) in [6.45, 7) is 0. The summed E-state index contributed by atoms with van der Waals surface area (Å²) in [4.78, 5) is 0. The molecule has 0 aliphatic rings. The largest absolute Gasteiger partial charge is 0.475 e. The van der Waals surface area contributed by atoms with Gasteiger partial charge in [-0.25, -0.2) is 4.57 Å². The third-order valence-electron chi connectivity index (χ3n) is 2.91. The van der Waals surface area contributed by atoms with Gasteiger partial charge in [0.15, 0.2) is 0 Å². The Morgan fingerprint density at radius 1 is 0.538 bits per heavy atom. The van der Waals surface area contributed by atoms with Crippen molar-refractivity contribution >= 4 is 7.82 Å². The number of hydrogen-bond acceptors (Lipinski definition) is 4. The monoisotopic (exact) mass is 368 g/mol. The zero-order valence-electron chi connectivity index (χ0n) is 14.5. The van der Waals surface area contributed by atoms with Crippen molar-refractivity contribution in [1.82, 2.24) is 0 Å². The molecule has 0 unspecified atom stereocenters. The molecule has 0 saturated carbocycles. The molecule has 0 aliphatic heterocycles. The summed E-state index contributed by atoms with van der Waals surface area (Å²) in [5.41, 5.74) is 0. The highest BCUT2D eigenvalue weighted by atomic mass is 31.2. The lowest BCUT2D eigenvalue weighted by atomic mass is 10.2. The maximum Gasteiger partial charge on any atom is 0.475 e. The fourth-order valence-corrected chi connectivity index (χ4v) is 3.54. The van der Waals surface area contributed by atoms with Crippen LogP contribution in [0.25, 0.3) is 0 Å². The van der Waals surface area contributed by atoms with Gasteiger partial charge in [0.05, 0.1) is 18.3 Å². The minimum Gasteiger partial charge on any atom is -0.281 e. The first-order valence-electron chi connectivity index (χ1n) is 7.74. The predicted molar refractivity (Wildman–Crippen MR) is 103 cm³/mol. The number of hydrogen-bond donors (Lipinski definition) is 0. The van der Waals surface area contributed by atoms with E-state index in [0.717, 1.165) is 0 Å². The Bertz CT molecular complexity index is 579. The van der Waals surface area contributed by atoms with E-state index in [-0.39, 0.29) is 38.5 Å². The lowest BCUT2D eigenvalue weighted by Crippen LogP contribution is -2.20. The molecule has 0 aliphatic carbocycles. The lowest BCUT2D eigenvalue weighted by molar-refractivity contribution is 0.0373. The molecule has 0 aromatic carbocycles. The third kappa shape index (κ3) is 9.69. The van der Waals surface area contributed by atoms with Gasteiger partial charge in [0.25, 0.3) is 0 Å². The Hall–Kier alpha value is -2.53. The van der Waals surface area contributed by atoms with E-state index < -0.39 is 26.1 Å². The Labute approximate surface area is 157 Å². The van der Waals surface area contributed by atoms with Crippen LogP contribution in [0.5, 0.6) is 0 Å². The topological polar surface area (TPSA) is 44.8 Å². The number of terminal acetylenes is 6. The fourth-order valence-electron chi connectivity index (χ4n) is 1.85. The van der Waals surface area contributed by atoms with Crippen molar-refractivity contribution in [3.8, 4) is 74.1 Å². The second-order valence-corrected chi connectivity index (χ2v) is 6.61. The minimum absolute atomic E-state index is 0.116. The average molecular weight is 368 g/mol. The van der Waals surface area contributed by atoms with Crippen molar-refractivity contribution in [2.75, 3.05) is 0 Å². The maximum atomic E-state index is 13.2. The van der Waals surface area contributed by atoms with Gasteiger partial charge in [0.2, 0.25) is 0 Å². The Morgan fingerprint density at radius 2 is 0.731 bits per heavy atom. The van der Waals surface area contributed by atoms with E-state index in [1.165, 1.54) is 0 Å². The van der Waals surface area contributed by atoms with Gasteiger partial charge in [-0.2, -0.15) is 0 Å².